The summed E-state index contributed by atoms with van der Waals surface area (Å²) in [4.78, 5) is 8.51. The van der Waals surface area contributed by atoms with E-state index < -0.39 is 0 Å². The number of ether oxygens (including phenoxy) is 1. The van der Waals surface area contributed by atoms with Crippen molar-refractivity contribution in [3.05, 3.63) is 46.2 Å². The van der Waals surface area contributed by atoms with Crippen molar-refractivity contribution in [3.63, 3.8) is 0 Å². The average molecular weight is 334 g/mol. The number of anilines is 1. The molecule has 5 heteroatoms. The van der Waals surface area contributed by atoms with Gasteiger partial charge in [0.1, 0.15) is 5.82 Å². The lowest BCUT2D eigenvalue weighted by atomic mass is 9.88. The lowest BCUT2D eigenvalue weighted by Gasteiger charge is -2.27. The number of hydrogen-bond donors (Lipinski definition) is 1. The molecule has 0 amide bonds. The van der Waals surface area contributed by atoms with E-state index in [9.17, 15) is 0 Å². The molecular formula is C15H16BrN3O. The van der Waals surface area contributed by atoms with Gasteiger partial charge in [-0.05, 0) is 36.5 Å². The summed E-state index contributed by atoms with van der Waals surface area (Å²) < 4.78 is 6.30. The fraction of sp³-hybridized carbons (Fsp3) is 0.333. The summed E-state index contributed by atoms with van der Waals surface area (Å²) in [5, 5.41) is 3.46. The third kappa shape index (κ3) is 2.63. The minimum atomic E-state index is 0.276. The Labute approximate surface area is 126 Å². The van der Waals surface area contributed by atoms with Crippen molar-refractivity contribution in [2.75, 3.05) is 12.4 Å². The van der Waals surface area contributed by atoms with Gasteiger partial charge >= 0.3 is 0 Å². The molecule has 1 aliphatic rings. The largest absolute Gasteiger partial charge is 0.480 e. The van der Waals surface area contributed by atoms with Crippen LogP contribution in [0.25, 0.3) is 0 Å². The van der Waals surface area contributed by atoms with E-state index in [1.54, 1.807) is 19.5 Å². The average Bonchev–Trinajstić information content (AvgIpc) is 2.49. The maximum absolute atomic E-state index is 5.11. The highest BCUT2D eigenvalue weighted by atomic mass is 79.9. The van der Waals surface area contributed by atoms with Crippen molar-refractivity contribution in [1.29, 1.82) is 0 Å². The van der Waals surface area contributed by atoms with Crippen LogP contribution in [0, 0.1) is 0 Å². The number of nitrogens with zero attached hydrogens (tertiary/aromatic N) is 2. The standard InChI is InChI=1S/C15H16BrN3O/c1-20-15-9-17-8-14(19-15)18-13-7-3-4-10-11(13)5-2-6-12(10)16/h2,5-6,8-9,13H,3-4,7H2,1H3,(H,18,19)/t13-/m0/s1. The molecule has 3 rings (SSSR count). The van der Waals surface area contributed by atoms with E-state index in [-0.39, 0.29) is 6.04 Å². The summed E-state index contributed by atoms with van der Waals surface area (Å²) in [6, 6.07) is 6.65. The van der Waals surface area contributed by atoms with Gasteiger partial charge in [0.25, 0.3) is 0 Å². The van der Waals surface area contributed by atoms with Crippen LogP contribution in [0.15, 0.2) is 35.1 Å². The molecular weight excluding hydrogens is 318 g/mol. The van der Waals surface area contributed by atoms with Gasteiger partial charge in [-0.15, -0.1) is 0 Å². The number of hydrogen-bond acceptors (Lipinski definition) is 4. The summed E-state index contributed by atoms with van der Waals surface area (Å²) in [5.41, 5.74) is 2.74. The highest BCUT2D eigenvalue weighted by Gasteiger charge is 2.21. The fourth-order valence-corrected chi connectivity index (χ4v) is 3.23. The van der Waals surface area contributed by atoms with Gasteiger partial charge in [-0.1, -0.05) is 28.1 Å². The highest BCUT2D eigenvalue weighted by Crippen LogP contribution is 2.35. The van der Waals surface area contributed by atoms with Gasteiger partial charge in [-0.3, -0.25) is 4.98 Å². The van der Waals surface area contributed by atoms with E-state index in [4.69, 9.17) is 4.74 Å². The summed E-state index contributed by atoms with van der Waals surface area (Å²) in [6.07, 6.45) is 6.73. The quantitative estimate of drug-likeness (QED) is 0.929. The predicted molar refractivity (Wildman–Crippen MR) is 82.0 cm³/mol. The van der Waals surface area contributed by atoms with Crippen LogP contribution in [0.5, 0.6) is 5.88 Å². The van der Waals surface area contributed by atoms with E-state index in [0.29, 0.717) is 5.88 Å². The Balaban J connectivity index is 1.87. The molecule has 1 heterocycles. The molecule has 20 heavy (non-hydrogen) atoms. The zero-order valence-electron chi connectivity index (χ0n) is 11.3. The highest BCUT2D eigenvalue weighted by molar-refractivity contribution is 9.10. The van der Waals surface area contributed by atoms with Gasteiger partial charge in [-0.25, -0.2) is 0 Å². The Morgan fingerprint density at radius 3 is 3.10 bits per heavy atom. The molecule has 0 bridgehead atoms. The number of methoxy groups -OCH3 is 1. The molecule has 0 unspecified atom stereocenters. The van der Waals surface area contributed by atoms with E-state index in [2.05, 4.69) is 49.4 Å². The molecule has 4 nitrogen and oxygen atoms in total. The first-order valence-electron chi connectivity index (χ1n) is 6.68. The molecule has 1 atom stereocenters. The predicted octanol–water partition coefficient (Wildman–Crippen LogP) is 3.74. The summed E-state index contributed by atoms with van der Waals surface area (Å²) in [6.45, 7) is 0. The van der Waals surface area contributed by atoms with Crippen molar-refractivity contribution < 1.29 is 4.74 Å². The molecule has 1 aromatic carbocycles. The van der Waals surface area contributed by atoms with Crippen LogP contribution in [-0.4, -0.2) is 17.1 Å². The lowest BCUT2D eigenvalue weighted by Crippen LogP contribution is -2.18. The maximum Gasteiger partial charge on any atom is 0.233 e. The topological polar surface area (TPSA) is 47.0 Å². The Morgan fingerprint density at radius 2 is 2.25 bits per heavy atom. The molecule has 0 saturated carbocycles. The van der Waals surface area contributed by atoms with Crippen molar-refractivity contribution >= 4 is 21.7 Å². The minimum absolute atomic E-state index is 0.276. The molecule has 0 spiro atoms. The molecule has 1 aromatic heterocycles. The normalized spacial score (nSPS) is 17.4. The second kappa shape index (κ2) is 5.79. The first kappa shape index (κ1) is 13.4. The van der Waals surface area contributed by atoms with Crippen LogP contribution in [0.3, 0.4) is 0 Å². The maximum atomic E-state index is 5.11. The molecule has 0 saturated heterocycles. The summed E-state index contributed by atoms with van der Waals surface area (Å²) in [5.74, 6) is 1.28. The second-order valence-corrected chi connectivity index (χ2v) is 5.70. The van der Waals surface area contributed by atoms with E-state index in [1.807, 2.05) is 0 Å². The number of halogens is 1. The smallest absolute Gasteiger partial charge is 0.233 e. The number of benzene rings is 1. The SMILES string of the molecule is COc1cncc(N[C@H]2CCCc3c(Br)cccc32)n1. The van der Waals surface area contributed by atoms with Gasteiger partial charge in [-0.2, -0.15) is 4.98 Å². The van der Waals surface area contributed by atoms with Crippen LogP contribution in [-0.2, 0) is 6.42 Å². The van der Waals surface area contributed by atoms with Crippen LogP contribution in [0.2, 0.25) is 0 Å². The van der Waals surface area contributed by atoms with Crippen molar-refractivity contribution in [1.82, 2.24) is 9.97 Å². The number of rotatable bonds is 3. The number of nitrogens with one attached hydrogen (secondary N) is 1. The lowest BCUT2D eigenvalue weighted by molar-refractivity contribution is 0.396. The Kier molecular flexibility index (Phi) is 3.87. The van der Waals surface area contributed by atoms with Crippen LogP contribution in [0.1, 0.15) is 30.0 Å². The van der Waals surface area contributed by atoms with Crippen molar-refractivity contribution in [3.8, 4) is 5.88 Å². The van der Waals surface area contributed by atoms with Crippen LogP contribution < -0.4 is 10.1 Å². The van der Waals surface area contributed by atoms with Gasteiger partial charge < -0.3 is 10.1 Å². The van der Waals surface area contributed by atoms with E-state index >= 15 is 0 Å². The van der Waals surface area contributed by atoms with Gasteiger partial charge in [0.15, 0.2) is 0 Å². The zero-order chi connectivity index (χ0) is 13.9. The Morgan fingerprint density at radius 1 is 1.35 bits per heavy atom. The van der Waals surface area contributed by atoms with Crippen molar-refractivity contribution in [2.45, 2.75) is 25.3 Å². The molecule has 0 aliphatic heterocycles. The van der Waals surface area contributed by atoms with Crippen LogP contribution in [0.4, 0.5) is 5.82 Å². The zero-order valence-corrected chi connectivity index (χ0v) is 12.9. The first-order chi connectivity index (χ1) is 9.78. The summed E-state index contributed by atoms with van der Waals surface area (Å²) in [7, 11) is 1.60. The fourth-order valence-electron chi connectivity index (χ4n) is 2.65. The number of fused-ring (bicyclic) bond motifs is 1. The number of aromatic nitrogens is 2. The molecule has 0 radical (unpaired) electrons. The van der Waals surface area contributed by atoms with Gasteiger partial charge in [0.05, 0.1) is 25.5 Å². The molecule has 1 aliphatic carbocycles. The van der Waals surface area contributed by atoms with Crippen molar-refractivity contribution in [2.24, 2.45) is 0 Å². The third-order valence-corrected chi connectivity index (χ3v) is 4.34. The van der Waals surface area contributed by atoms with E-state index in [1.165, 1.54) is 22.0 Å². The third-order valence-electron chi connectivity index (χ3n) is 3.59. The molecule has 104 valence electrons. The molecule has 2 aromatic rings. The monoisotopic (exact) mass is 333 g/mol. The Bertz CT molecular complexity index is 618. The summed E-state index contributed by atoms with van der Waals surface area (Å²) >= 11 is 3.64. The first-order valence-corrected chi connectivity index (χ1v) is 7.47. The Hall–Kier alpha value is -1.62. The second-order valence-electron chi connectivity index (χ2n) is 4.84. The minimum Gasteiger partial charge on any atom is -0.480 e. The van der Waals surface area contributed by atoms with Gasteiger partial charge in [0.2, 0.25) is 5.88 Å². The van der Waals surface area contributed by atoms with E-state index in [0.717, 1.165) is 18.7 Å². The van der Waals surface area contributed by atoms with Gasteiger partial charge in [0, 0.05) is 4.47 Å². The van der Waals surface area contributed by atoms with Crippen LogP contribution >= 0.6 is 15.9 Å². The molecule has 1 N–H and O–H groups in total. The molecule has 0 fully saturated rings.